The van der Waals surface area contributed by atoms with Gasteiger partial charge < -0.3 is 15.3 Å². The summed E-state index contributed by atoms with van der Waals surface area (Å²) in [5.74, 6) is -1.85. The second kappa shape index (κ2) is 7.91. The van der Waals surface area contributed by atoms with Gasteiger partial charge in [0.05, 0.1) is 5.92 Å². The molecule has 1 atom stereocenters. The Balaban J connectivity index is 1.86. The van der Waals surface area contributed by atoms with Gasteiger partial charge in [0, 0.05) is 44.8 Å². The summed E-state index contributed by atoms with van der Waals surface area (Å²) in [6.07, 6.45) is -0.00341. The van der Waals surface area contributed by atoms with Gasteiger partial charge in [-0.25, -0.2) is 0 Å². The van der Waals surface area contributed by atoms with Crippen molar-refractivity contribution in [3.05, 3.63) is 30.3 Å². The SMILES string of the molecule is CN1CCN(CC(CC(=O)Nc2ccccc2)C(=O)O)CC1. The van der Waals surface area contributed by atoms with Crippen LogP contribution in [-0.2, 0) is 9.59 Å². The van der Waals surface area contributed by atoms with Gasteiger partial charge in [-0.15, -0.1) is 0 Å². The number of hydrogen-bond acceptors (Lipinski definition) is 4. The fraction of sp³-hybridized carbons (Fsp3) is 0.500. The number of carboxylic acids is 1. The first-order chi connectivity index (χ1) is 10.5. The average molecular weight is 305 g/mol. The van der Waals surface area contributed by atoms with E-state index in [1.807, 2.05) is 18.2 Å². The summed E-state index contributed by atoms with van der Waals surface area (Å²) in [6.45, 7) is 3.98. The van der Waals surface area contributed by atoms with Crippen LogP contribution in [0.15, 0.2) is 30.3 Å². The number of anilines is 1. The third-order valence-corrected chi connectivity index (χ3v) is 3.91. The molecule has 0 aromatic heterocycles. The quantitative estimate of drug-likeness (QED) is 0.819. The summed E-state index contributed by atoms with van der Waals surface area (Å²) in [4.78, 5) is 27.8. The lowest BCUT2D eigenvalue weighted by molar-refractivity contribution is -0.144. The van der Waals surface area contributed by atoms with Crippen LogP contribution in [-0.4, -0.2) is 66.6 Å². The van der Waals surface area contributed by atoms with Crippen molar-refractivity contribution in [2.45, 2.75) is 6.42 Å². The highest BCUT2D eigenvalue weighted by Gasteiger charge is 2.25. The summed E-state index contributed by atoms with van der Waals surface area (Å²) in [5.41, 5.74) is 0.691. The van der Waals surface area contributed by atoms with Crippen molar-refractivity contribution in [2.24, 2.45) is 5.92 Å². The second-order valence-corrected chi connectivity index (χ2v) is 5.76. The Morgan fingerprint density at radius 2 is 1.82 bits per heavy atom. The lowest BCUT2D eigenvalue weighted by Gasteiger charge is -2.33. The average Bonchev–Trinajstić information content (AvgIpc) is 2.49. The van der Waals surface area contributed by atoms with E-state index >= 15 is 0 Å². The molecule has 6 heteroatoms. The molecular weight excluding hydrogens is 282 g/mol. The van der Waals surface area contributed by atoms with Gasteiger partial charge in [-0.05, 0) is 19.2 Å². The Hall–Kier alpha value is -1.92. The third-order valence-electron chi connectivity index (χ3n) is 3.91. The number of aliphatic carboxylic acids is 1. The number of carbonyl (C=O) groups excluding carboxylic acids is 1. The smallest absolute Gasteiger partial charge is 0.308 e. The summed E-state index contributed by atoms with van der Waals surface area (Å²) >= 11 is 0. The molecule has 1 aromatic rings. The molecule has 1 saturated heterocycles. The van der Waals surface area contributed by atoms with Crippen LogP contribution in [0.2, 0.25) is 0 Å². The summed E-state index contributed by atoms with van der Waals surface area (Å²) in [6, 6.07) is 9.09. The van der Waals surface area contributed by atoms with Gasteiger partial charge in [-0.2, -0.15) is 0 Å². The molecule has 6 nitrogen and oxygen atoms in total. The first-order valence-corrected chi connectivity index (χ1v) is 7.53. The van der Waals surface area contributed by atoms with Gasteiger partial charge >= 0.3 is 5.97 Å². The van der Waals surface area contributed by atoms with E-state index in [4.69, 9.17) is 0 Å². The van der Waals surface area contributed by atoms with Crippen LogP contribution in [0.25, 0.3) is 0 Å². The number of likely N-dealkylation sites (N-methyl/N-ethyl adjacent to an activating group) is 1. The molecule has 22 heavy (non-hydrogen) atoms. The zero-order valence-electron chi connectivity index (χ0n) is 12.9. The maximum atomic E-state index is 12.0. The van der Waals surface area contributed by atoms with Crippen molar-refractivity contribution in [2.75, 3.05) is 45.1 Å². The molecule has 0 bridgehead atoms. The van der Waals surface area contributed by atoms with Gasteiger partial charge in [0.25, 0.3) is 0 Å². The van der Waals surface area contributed by atoms with E-state index < -0.39 is 11.9 Å². The van der Waals surface area contributed by atoms with Crippen LogP contribution in [0.5, 0.6) is 0 Å². The number of para-hydroxylation sites is 1. The maximum Gasteiger partial charge on any atom is 0.308 e. The van der Waals surface area contributed by atoms with Crippen molar-refractivity contribution in [1.29, 1.82) is 0 Å². The molecule has 1 amide bonds. The normalized spacial score (nSPS) is 17.9. The van der Waals surface area contributed by atoms with Gasteiger partial charge in [-0.1, -0.05) is 18.2 Å². The number of carboxylic acid groups (broad SMARTS) is 1. The van der Waals surface area contributed by atoms with Crippen molar-refractivity contribution < 1.29 is 14.7 Å². The predicted molar refractivity (Wildman–Crippen MR) is 84.8 cm³/mol. The third kappa shape index (κ3) is 5.13. The minimum atomic E-state index is -0.915. The molecule has 1 aliphatic rings. The molecular formula is C16H23N3O3. The molecule has 1 fully saturated rings. The second-order valence-electron chi connectivity index (χ2n) is 5.76. The highest BCUT2D eigenvalue weighted by atomic mass is 16.4. The number of carbonyl (C=O) groups is 2. The topological polar surface area (TPSA) is 72.9 Å². The number of nitrogens with zero attached hydrogens (tertiary/aromatic N) is 2. The molecule has 1 heterocycles. The van der Waals surface area contributed by atoms with E-state index in [-0.39, 0.29) is 12.3 Å². The van der Waals surface area contributed by atoms with Crippen molar-refractivity contribution in [1.82, 2.24) is 9.80 Å². The Bertz CT molecular complexity index is 499. The van der Waals surface area contributed by atoms with Crippen LogP contribution in [0, 0.1) is 5.92 Å². The van der Waals surface area contributed by atoms with Crippen molar-refractivity contribution in [3.8, 4) is 0 Å². The van der Waals surface area contributed by atoms with E-state index in [0.29, 0.717) is 12.2 Å². The zero-order valence-corrected chi connectivity index (χ0v) is 12.9. The van der Waals surface area contributed by atoms with Crippen LogP contribution < -0.4 is 5.32 Å². The first kappa shape index (κ1) is 16.5. The fourth-order valence-electron chi connectivity index (χ4n) is 2.53. The standard InChI is InChI=1S/C16H23N3O3/c1-18-7-9-19(10-8-18)12-13(16(21)22)11-15(20)17-14-5-3-2-4-6-14/h2-6,13H,7-12H2,1H3,(H,17,20)(H,21,22). The van der Waals surface area contributed by atoms with Crippen molar-refractivity contribution >= 4 is 17.6 Å². The highest BCUT2D eigenvalue weighted by Crippen LogP contribution is 2.12. The van der Waals surface area contributed by atoms with E-state index in [1.54, 1.807) is 12.1 Å². The first-order valence-electron chi connectivity index (χ1n) is 7.53. The van der Waals surface area contributed by atoms with Crippen LogP contribution in [0.1, 0.15) is 6.42 Å². The predicted octanol–water partition coefficient (Wildman–Crippen LogP) is 0.963. The van der Waals surface area contributed by atoms with Gasteiger partial charge in [-0.3, -0.25) is 14.5 Å². The van der Waals surface area contributed by atoms with Gasteiger partial charge in [0.2, 0.25) is 5.91 Å². The molecule has 1 aromatic carbocycles. The van der Waals surface area contributed by atoms with Crippen molar-refractivity contribution in [3.63, 3.8) is 0 Å². The van der Waals surface area contributed by atoms with E-state index in [1.165, 1.54) is 0 Å². The number of hydrogen-bond donors (Lipinski definition) is 2. The van der Waals surface area contributed by atoms with Crippen LogP contribution >= 0.6 is 0 Å². The molecule has 1 unspecified atom stereocenters. The van der Waals surface area contributed by atoms with E-state index in [9.17, 15) is 14.7 Å². The minimum Gasteiger partial charge on any atom is -0.481 e. The van der Waals surface area contributed by atoms with Crippen LogP contribution in [0.4, 0.5) is 5.69 Å². The number of amides is 1. The summed E-state index contributed by atoms with van der Waals surface area (Å²) < 4.78 is 0. The molecule has 0 radical (unpaired) electrons. The molecule has 0 spiro atoms. The largest absolute Gasteiger partial charge is 0.481 e. The molecule has 2 N–H and O–H groups in total. The molecule has 0 saturated carbocycles. The number of rotatable bonds is 6. The molecule has 2 rings (SSSR count). The minimum absolute atomic E-state index is 0.00341. The van der Waals surface area contributed by atoms with Crippen LogP contribution in [0.3, 0.4) is 0 Å². The Morgan fingerprint density at radius 1 is 1.18 bits per heavy atom. The van der Waals surface area contributed by atoms with Gasteiger partial charge in [0.15, 0.2) is 0 Å². The molecule has 0 aliphatic carbocycles. The lowest BCUT2D eigenvalue weighted by atomic mass is 10.0. The summed E-state index contributed by atoms with van der Waals surface area (Å²) in [7, 11) is 2.05. The number of nitrogens with one attached hydrogen (secondary N) is 1. The fourth-order valence-corrected chi connectivity index (χ4v) is 2.53. The maximum absolute atomic E-state index is 12.0. The highest BCUT2D eigenvalue weighted by molar-refractivity contribution is 5.93. The Morgan fingerprint density at radius 3 is 2.41 bits per heavy atom. The number of benzene rings is 1. The zero-order chi connectivity index (χ0) is 15.9. The Kier molecular flexibility index (Phi) is 5.91. The summed E-state index contributed by atoms with van der Waals surface area (Å²) in [5, 5.41) is 12.1. The number of piperazine rings is 1. The molecule has 120 valence electrons. The monoisotopic (exact) mass is 305 g/mol. The van der Waals surface area contributed by atoms with Gasteiger partial charge in [0.1, 0.15) is 0 Å². The Labute approximate surface area is 130 Å². The molecule has 1 aliphatic heterocycles. The lowest BCUT2D eigenvalue weighted by Crippen LogP contribution is -2.47. The van der Waals surface area contributed by atoms with E-state index in [2.05, 4.69) is 22.2 Å². The van der Waals surface area contributed by atoms with E-state index in [0.717, 1.165) is 26.2 Å².